The number of aliphatic hydroxyl groups is 11. The Morgan fingerprint density at radius 1 is 0.446 bits per heavy atom. The maximum Gasteiger partial charge on any atom is 0.220 e. The van der Waals surface area contributed by atoms with Crippen LogP contribution < -0.4 is 5.32 Å². The highest BCUT2D eigenvalue weighted by atomic mass is 16.8. The molecule has 3 fully saturated rings. The quantitative estimate of drug-likeness (QED) is 0.0220. The van der Waals surface area contributed by atoms with Crippen LogP contribution in [-0.4, -0.2) is 193 Å². The highest BCUT2D eigenvalue weighted by Crippen LogP contribution is 2.33. The predicted molar refractivity (Wildman–Crippen MR) is 318 cm³/mol. The lowest BCUT2D eigenvalue weighted by Gasteiger charge is -2.48. The minimum absolute atomic E-state index is 0.231. The van der Waals surface area contributed by atoms with E-state index in [9.17, 15) is 61.0 Å². The molecular formula is C64H113NO18. The molecule has 1 amide bonds. The van der Waals surface area contributed by atoms with Gasteiger partial charge >= 0.3 is 0 Å². The third kappa shape index (κ3) is 29.8. The smallest absolute Gasteiger partial charge is 0.220 e. The van der Waals surface area contributed by atoms with E-state index in [1.165, 1.54) is 96.3 Å². The van der Waals surface area contributed by atoms with E-state index in [1.807, 2.05) is 6.08 Å². The van der Waals surface area contributed by atoms with E-state index in [1.54, 1.807) is 6.08 Å². The fourth-order valence-electron chi connectivity index (χ4n) is 10.6. The van der Waals surface area contributed by atoms with Crippen molar-refractivity contribution < 1.29 is 89.4 Å². The molecule has 3 heterocycles. The topological polar surface area (TPSA) is 307 Å². The van der Waals surface area contributed by atoms with Crippen LogP contribution in [0.3, 0.4) is 0 Å². The summed E-state index contributed by atoms with van der Waals surface area (Å²) in [4.78, 5) is 13.4. The van der Waals surface area contributed by atoms with Crippen molar-refractivity contribution in [3.63, 3.8) is 0 Å². The van der Waals surface area contributed by atoms with Crippen molar-refractivity contribution in [1.82, 2.24) is 5.32 Å². The summed E-state index contributed by atoms with van der Waals surface area (Å²) in [5.41, 5.74) is 0. The van der Waals surface area contributed by atoms with Gasteiger partial charge in [-0.2, -0.15) is 0 Å². The number of carbonyl (C=O) groups excluding carboxylic acids is 1. The summed E-state index contributed by atoms with van der Waals surface area (Å²) >= 11 is 0. The molecule has 83 heavy (non-hydrogen) atoms. The number of nitrogens with one attached hydrogen (secondary N) is 1. The third-order valence-electron chi connectivity index (χ3n) is 15.8. The summed E-state index contributed by atoms with van der Waals surface area (Å²) in [5.74, 6) is -0.286. The number of carbonyl (C=O) groups is 1. The summed E-state index contributed by atoms with van der Waals surface area (Å²) in [6.45, 7) is 1.60. The largest absolute Gasteiger partial charge is 0.394 e. The number of amides is 1. The molecule has 3 rings (SSSR count). The van der Waals surface area contributed by atoms with E-state index in [0.717, 1.165) is 83.5 Å². The minimum atomic E-state index is -1.98. The summed E-state index contributed by atoms with van der Waals surface area (Å²) < 4.78 is 34.3. The molecule has 19 heteroatoms. The predicted octanol–water partition coefficient (Wildman–Crippen LogP) is 6.82. The fraction of sp³-hybridized carbons (Fsp3) is 0.828. The Morgan fingerprint density at radius 3 is 1.30 bits per heavy atom. The number of allylic oxidation sites excluding steroid dienone is 9. The van der Waals surface area contributed by atoms with E-state index in [4.69, 9.17) is 28.4 Å². The SMILES string of the molecule is CC/C=C\C/C=C\C/C=C\C/C=C\CCCCCCCCCCC(=O)NC(COC1OC(CO)C(OC2OC(CO)C(OC3OC(CO)C(O)C(O)C3O)C(O)C2O)C(O)C1O)C(O)/C=C/CCCCCCCCCCCCCCCCC. The van der Waals surface area contributed by atoms with E-state index in [2.05, 4.69) is 67.8 Å². The Balaban J connectivity index is 1.48. The van der Waals surface area contributed by atoms with Gasteiger partial charge in [0, 0.05) is 6.42 Å². The van der Waals surface area contributed by atoms with Crippen molar-refractivity contribution in [2.75, 3.05) is 26.4 Å². The summed E-state index contributed by atoms with van der Waals surface area (Å²) in [6, 6.07) is -0.980. The van der Waals surface area contributed by atoms with E-state index < -0.39 is 124 Å². The molecule has 0 spiro atoms. The van der Waals surface area contributed by atoms with Crippen LogP contribution in [0.5, 0.6) is 0 Å². The molecule has 482 valence electrons. The van der Waals surface area contributed by atoms with Gasteiger partial charge in [0.05, 0.1) is 38.6 Å². The molecule has 12 N–H and O–H groups in total. The number of hydrogen-bond acceptors (Lipinski definition) is 18. The average molecular weight is 1180 g/mol. The number of unbranched alkanes of at least 4 members (excludes halogenated alkanes) is 23. The zero-order valence-electron chi connectivity index (χ0n) is 50.4. The van der Waals surface area contributed by atoms with Gasteiger partial charge in [-0.3, -0.25) is 4.79 Å². The van der Waals surface area contributed by atoms with Gasteiger partial charge in [0.1, 0.15) is 73.2 Å². The molecule has 0 saturated carbocycles. The monoisotopic (exact) mass is 1180 g/mol. The zero-order valence-corrected chi connectivity index (χ0v) is 50.4. The first kappa shape index (κ1) is 74.7. The normalized spacial score (nSPS) is 29.8. The zero-order chi connectivity index (χ0) is 60.5. The van der Waals surface area contributed by atoms with Gasteiger partial charge in [-0.15, -0.1) is 0 Å². The highest BCUT2D eigenvalue weighted by molar-refractivity contribution is 5.76. The van der Waals surface area contributed by atoms with Crippen LogP contribution in [0.4, 0.5) is 0 Å². The molecule has 19 nitrogen and oxygen atoms in total. The lowest BCUT2D eigenvalue weighted by molar-refractivity contribution is -0.379. The Hall–Kier alpha value is -2.51. The fourth-order valence-corrected chi connectivity index (χ4v) is 10.6. The number of ether oxygens (including phenoxy) is 6. The van der Waals surface area contributed by atoms with Gasteiger partial charge in [-0.05, 0) is 57.8 Å². The molecule has 3 aliphatic rings. The molecule has 3 saturated heterocycles. The summed E-state index contributed by atoms with van der Waals surface area (Å²) in [6.07, 6.45) is 27.6. The second-order valence-corrected chi connectivity index (χ2v) is 22.8. The van der Waals surface area contributed by atoms with Crippen LogP contribution >= 0.6 is 0 Å². The minimum Gasteiger partial charge on any atom is -0.394 e. The first-order chi connectivity index (χ1) is 40.3. The van der Waals surface area contributed by atoms with Crippen molar-refractivity contribution in [1.29, 1.82) is 0 Å². The van der Waals surface area contributed by atoms with Gasteiger partial charge in [0.15, 0.2) is 18.9 Å². The number of hydrogen-bond donors (Lipinski definition) is 12. The van der Waals surface area contributed by atoms with Gasteiger partial charge in [0.25, 0.3) is 0 Å². The van der Waals surface area contributed by atoms with Gasteiger partial charge in [0.2, 0.25) is 5.91 Å². The first-order valence-corrected chi connectivity index (χ1v) is 32.0. The molecule has 0 radical (unpaired) electrons. The molecular weight excluding hydrogens is 1070 g/mol. The van der Waals surface area contributed by atoms with Crippen LogP contribution in [0.1, 0.15) is 206 Å². The lowest BCUT2D eigenvalue weighted by Crippen LogP contribution is -2.66. The van der Waals surface area contributed by atoms with Crippen LogP contribution in [0, 0.1) is 0 Å². The lowest BCUT2D eigenvalue weighted by atomic mass is 9.96. The van der Waals surface area contributed by atoms with Crippen LogP contribution in [0.25, 0.3) is 0 Å². The highest BCUT2D eigenvalue weighted by Gasteiger charge is 2.53. The first-order valence-electron chi connectivity index (χ1n) is 32.0. The molecule has 17 atom stereocenters. The number of aliphatic hydroxyl groups excluding tert-OH is 11. The average Bonchev–Trinajstić information content (AvgIpc) is 3.34. The number of rotatable bonds is 47. The summed E-state index contributed by atoms with van der Waals surface area (Å²) in [5, 5.41) is 120. The maximum atomic E-state index is 13.4. The van der Waals surface area contributed by atoms with E-state index in [-0.39, 0.29) is 18.9 Å². The Morgan fingerprint density at radius 2 is 0.831 bits per heavy atom. The molecule has 0 aromatic carbocycles. The second kappa shape index (κ2) is 46.6. The molecule has 17 unspecified atom stereocenters. The third-order valence-corrected chi connectivity index (χ3v) is 15.8. The molecule has 0 bridgehead atoms. The molecule has 0 aromatic heterocycles. The molecule has 0 aliphatic carbocycles. The van der Waals surface area contributed by atoms with Crippen molar-refractivity contribution in [2.24, 2.45) is 0 Å². The van der Waals surface area contributed by atoms with Crippen LogP contribution in [0.2, 0.25) is 0 Å². The van der Waals surface area contributed by atoms with Crippen molar-refractivity contribution in [3.8, 4) is 0 Å². The Kier molecular flexibility index (Phi) is 42.0. The second-order valence-electron chi connectivity index (χ2n) is 22.8. The standard InChI is InChI=1S/C64H113NO18/c1-3-5-7-9-11-13-15-17-19-21-22-23-24-26-28-30-32-34-36-38-40-42-52(70)65-47(48(69)41-39-37-35-33-31-29-27-25-20-18-16-14-12-10-8-6-4-2)46-78-62-58(76)55(73)60(50(44-67)80-62)83-64-59(77)56(74)61(51(45-68)81-64)82-63-57(75)54(72)53(71)49(43-66)79-63/h5,7,11,13,17,19,22-23,39,41,47-51,53-64,66-69,71-77H,3-4,6,8-10,12,14-16,18,20-21,24-38,40,42-46H2,1-2H3,(H,65,70)/b7-5-,13-11-,19-17-,23-22-,41-39+. The maximum absolute atomic E-state index is 13.4. The van der Waals surface area contributed by atoms with E-state index in [0.29, 0.717) is 6.42 Å². The summed E-state index contributed by atoms with van der Waals surface area (Å²) in [7, 11) is 0. The van der Waals surface area contributed by atoms with Crippen LogP contribution in [-0.2, 0) is 33.2 Å². The van der Waals surface area contributed by atoms with Crippen molar-refractivity contribution in [2.45, 2.75) is 311 Å². The van der Waals surface area contributed by atoms with Crippen molar-refractivity contribution in [3.05, 3.63) is 60.8 Å². The Labute approximate surface area is 496 Å². The van der Waals surface area contributed by atoms with E-state index >= 15 is 0 Å². The Bertz CT molecular complexity index is 1750. The molecule has 3 aliphatic heterocycles. The van der Waals surface area contributed by atoms with Gasteiger partial charge in [-0.1, -0.05) is 203 Å². The van der Waals surface area contributed by atoms with Gasteiger partial charge in [-0.25, -0.2) is 0 Å². The van der Waals surface area contributed by atoms with Crippen molar-refractivity contribution >= 4 is 5.91 Å². The van der Waals surface area contributed by atoms with Crippen LogP contribution in [0.15, 0.2) is 60.8 Å². The van der Waals surface area contributed by atoms with Gasteiger partial charge < -0.3 is 89.9 Å². The molecule has 0 aromatic rings.